The van der Waals surface area contributed by atoms with Crippen LogP contribution in [0.2, 0.25) is 0 Å². The standard InChI is InChI=1S/C6H14N2OS/c1-5(2)10(9)8-3-6(7)4-8/h5-6H,3-4,7H2,1-2H3. The first kappa shape index (κ1) is 8.17. The SMILES string of the molecule is CC(C)S(=O)N1CC(N)C1. The van der Waals surface area contributed by atoms with Crippen LogP contribution in [-0.2, 0) is 11.0 Å². The van der Waals surface area contributed by atoms with Crippen molar-refractivity contribution >= 4 is 11.0 Å². The Balaban J connectivity index is 2.31. The molecule has 0 aromatic heterocycles. The van der Waals surface area contributed by atoms with Gasteiger partial charge >= 0.3 is 0 Å². The third kappa shape index (κ3) is 1.56. The maximum Gasteiger partial charge on any atom is 0.0969 e. The van der Waals surface area contributed by atoms with Crippen molar-refractivity contribution in [3.05, 3.63) is 0 Å². The largest absolute Gasteiger partial charge is 0.325 e. The van der Waals surface area contributed by atoms with Gasteiger partial charge in [0.1, 0.15) is 0 Å². The molecule has 0 amide bonds. The van der Waals surface area contributed by atoms with Crippen LogP contribution in [0.3, 0.4) is 0 Å². The van der Waals surface area contributed by atoms with Gasteiger partial charge in [-0.1, -0.05) is 0 Å². The summed E-state index contributed by atoms with van der Waals surface area (Å²) in [5.41, 5.74) is 5.53. The van der Waals surface area contributed by atoms with Crippen molar-refractivity contribution < 1.29 is 4.21 Å². The Morgan fingerprint density at radius 2 is 2.10 bits per heavy atom. The van der Waals surface area contributed by atoms with E-state index in [1.54, 1.807) is 0 Å². The van der Waals surface area contributed by atoms with Gasteiger partial charge in [-0.05, 0) is 13.8 Å². The molecule has 0 aromatic rings. The summed E-state index contributed by atoms with van der Waals surface area (Å²) < 4.78 is 13.2. The topological polar surface area (TPSA) is 46.3 Å². The molecule has 1 rings (SSSR count). The highest BCUT2D eigenvalue weighted by atomic mass is 32.2. The number of nitrogens with zero attached hydrogens (tertiary/aromatic N) is 1. The van der Waals surface area contributed by atoms with Crippen LogP contribution in [0, 0.1) is 0 Å². The summed E-state index contributed by atoms with van der Waals surface area (Å²) in [7, 11) is -0.797. The van der Waals surface area contributed by atoms with Gasteiger partial charge < -0.3 is 5.73 Å². The molecule has 1 unspecified atom stereocenters. The summed E-state index contributed by atoms with van der Waals surface area (Å²) in [6, 6.07) is 0.252. The first-order chi connectivity index (χ1) is 4.61. The van der Waals surface area contributed by atoms with Crippen LogP contribution >= 0.6 is 0 Å². The van der Waals surface area contributed by atoms with Crippen LogP contribution < -0.4 is 5.73 Å². The van der Waals surface area contributed by atoms with E-state index in [0.717, 1.165) is 13.1 Å². The van der Waals surface area contributed by atoms with Gasteiger partial charge in [0.2, 0.25) is 0 Å². The van der Waals surface area contributed by atoms with Crippen molar-refractivity contribution in [2.45, 2.75) is 25.1 Å². The van der Waals surface area contributed by atoms with Crippen molar-refractivity contribution in [2.24, 2.45) is 5.73 Å². The second kappa shape index (κ2) is 2.98. The molecular formula is C6H14N2OS. The average molecular weight is 162 g/mol. The van der Waals surface area contributed by atoms with Crippen molar-refractivity contribution in [3.63, 3.8) is 0 Å². The third-order valence-corrected chi connectivity index (χ3v) is 3.15. The molecule has 0 aliphatic carbocycles. The van der Waals surface area contributed by atoms with Gasteiger partial charge in [0, 0.05) is 24.4 Å². The Labute approximate surface area is 64.2 Å². The molecular weight excluding hydrogens is 148 g/mol. The molecule has 4 heteroatoms. The van der Waals surface area contributed by atoms with Gasteiger partial charge in [-0.3, -0.25) is 0 Å². The van der Waals surface area contributed by atoms with E-state index in [9.17, 15) is 4.21 Å². The second-order valence-electron chi connectivity index (χ2n) is 2.93. The van der Waals surface area contributed by atoms with E-state index in [4.69, 9.17) is 5.73 Å². The van der Waals surface area contributed by atoms with E-state index in [-0.39, 0.29) is 11.3 Å². The fraction of sp³-hybridized carbons (Fsp3) is 1.00. The van der Waals surface area contributed by atoms with E-state index in [1.807, 2.05) is 18.2 Å². The van der Waals surface area contributed by atoms with E-state index in [2.05, 4.69) is 0 Å². The summed E-state index contributed by atoms with van der Waals surface area (Å²) >= 11 is 0. The van der Waals surface area contributed by atoms with Crippen LogP contribution in [0.4, 0.5) is 0 Å². The highest BCUT2D eigenvalue weighted by Gasteiger charge is 2.28. The lowest BCUT2D eigenvalue weighted by atomic mass is 10.2. The zero-order valence-corrected chi connectivity index (χ0v) is 7.23. The first-order valence-electron chi connectivity index (χ1n) is 3.52. The minimum Gasteiger partial charge on any atom is -0.325 e. The molecule has 0 bridgehead atoms. The van der Waals surface area contributed by atoms with Crippen molar-refractivity contribution in [3.8, 4) is 0 Å². The lowest BCUT2D eigenvalue weighted by Gasteiger charge is -2.36. The molecule has 1 saturated heterocycles. The van der Waals surface area contributed by atoms with Crippen molar-refractivity contribution in [1.29, 1.82) is 0 Å². The number of nitrogens with two attached hydrogens (primary N) is 1. The molecule has 0 saturated carbocycles. The molecule has 10 heavy (non-hydrogen) atoms. The normalized spacial score (nSPS) is 24.8. The molecule has 1 heterocycles. The van der Waals surface area contributed by atoms with E-state index < -0.39 is 11.0 Å². The van der Waals surface area contributed by atoms with Gasteiger partial charge in [0.05, 0.1) is 11.0 Å². The fourth-order valence-electron chi connectivity index (χ4n) is 0.915. The van der Waals surface area contributed by atoms with Crippen LogP contribution in [0.15, 0.2) is 0 Å². The summed E-state index contributed by atoms with van der Waals surface area (Å²) in [6.45, 7) is 5.51. The monoisotopic (exact) mass is 162 g/mol. The van der Waals surface area contributed by atoms with Crippen LogP contribution in [0.5, 0.6) is 0 Å². The van der Waals surface area contributed by atoms with Gasteiger partial charge in [-0.15, -0.1) is 0 Å². The second-order valence-corrected chi connectivity index (χ2v) is 4.94. The van der Waals surface area contributed by atoms with Crippen LogP contribution in [0.25, 0.3) is 0 Å². The van der Waals surface area contributed by atoms with E-state index >= 15 is 0 Å². The average Bonchev–Trinajstić information content (AvgIpc) is 1.79. The molecule has 1 fully saturated rings. The molecule has 0 aromatic carbocycles. The Hall–Kier alpha value is 0.0700. The van der Waals surface area contributed by atoms with Crippen molar-refractivity contribution in [1.82, 2.24) is 4.31 Å². The van der Waals surface area contributed by atoms with Crippen LogP contribution in [0.1, 0.15) is 13.8 Å². The number of rotatable bonds is 2. The molecule has 60 valence electrons. The summed E-state index contributed by atoms with van der Waals surface area (Å²) in [4.78, 5) is 0. The molecule has 1 aliphatic heterocycles. The lowest BCUT2D eigenvalue weighted by Crippen LogP contribution is -2.57. The lowest BCUT2D eigenvalue weighted by molar-refractivity contribution is 0.278. The molecule has 3 nitrogen and oxygen atoms in total. The first-order valence-corrected chi connectivity index (χ1v) is 4.69. The number of hydrogen-bond donors (Lipinski definition) is 1. The number of hydrogen-bond acceptors (Lipinski definition) is 2. The molecule has 1 aliphatic rings. The van der Waals surface area contributed by atoms with Gasteiger partial charge in [-0.2, -0.15) is 0 Å². The molecule has 0 radical (unpaired) electrons. The zero-order valence-electron chi connectivity index (χ0n) is 6.41. The van der Waals surface area contributed by atoms with Gasteiger partial charge in [0.25, 0.3) is 0 Å². The maximum atomic E-state index is 11.3. The Morgan fingerprint density at radius 1 is 1.60 bits per heavy atom. The summed E-state index contributed by atoms with van der Waals surface area (Å²) in [6.07, 6.45) is 0. The molecule has 2 N–H and O–H groups in total. The Morgan fingerprint density at radius 3 is 2.40 bits per heavy atom. The van der Waals surface area contributed by atoms with E-state index in [1.165, 1.54) is 0 Å². The zero-order chi connectivity index (χ0) is 7.72. The quantitative estimate of drug-likeness (QED) is 0.606. The highest BCUT2D eigenvalue weighted by Crippen LogP contribution is 2.11. The Kier molecular flexibility index (Phi) is 2.44. The van der Waals surface area contributed by atoms with Gasteiger partial charge in [-0.25, -0.2) is 8.51 Å². The summed E-state index contributed by atoms with van der Waals surface area (Å²) in [5.74, 6) is 0. The molecule has 0 spiro atoms. The Bertz CT molecular complexity index is 143. The van der Waals surface area contributed by atoms with E-state index in [0.29, 0.717) is 0 Å². The maximum absolute atomic E-state index is 11.3. The fourth-order valence-corrected chi connectivity index (χ4v) is 2.19. The third-order valence-electron chi connectivity index (χ3n) is 1.53. The van der Waals surface area contributed by atoms with Crippen LogP contribution in [-0.4, -0.2) is 32.9 Å². The highest BCUT2D eigenvalue weighted by molar-refractivity contribution is 7.83. The smallest absolute Gasteiger partial charge is 0.0969 e. The summed E-state index contributed by atoms with van der Waals surface area (Å²) in [5, 5.41) is 0.229. The minimum absolute atomic E-state index is 0.229. The van der Waals surface area contributed by atoms with Gasteiger partial charge in [0.15, 0.2) is 0 Å². The minimum atomic E-state index is -0.797. The van der Waals surface area contributed by atoms with Crippen molar-refractivity contribution in [2.75, 3.05) is 13.1 Å². The molecule has 1 atom stereocenters. The predicted molar refractivity (Wildman–Crippen MR) is 42.8 cm³/mol. The predicted octanol–water partition coefficient (Wildman–Crippen LogP) is -0.299.